The van der Waals surface area contributed by atoms with Crippen LogP contribution in [0.5, 0.6) is 5.75 Å². The lowest BCUT2D eigenvalue weighted by Crippen LogP contribution is -2.39. The molecule has 0 radical (unpaired) electrons. The zero-order valence-corrected chi connectivity index (χ0v) is 24.2. The SMILES string of the molecule is COc1cccc(-c2nc3ccc(N4CCCN(C(=O)OC(C)(C)C)CC4)cc3c(=O)n2CC(=O)NC(C)C)c1. The van der Waals surface area contributed by atoms with Gasteiger partial charge >= 0.3 is 6.09 Å². The molecule has 1 aliphatic rings. The molecule has 10 nitrogen and oxygen atoms in total. The van der Waals surface area contributed by atoms with Gasteiger partial charge in [-0.3, -0.25) is 14.2 Å². The molecule has 3 aromatic rings. The van der Waals surface area contributed by atoms with E-state index in [4.69, 9.17) is 14.5 Å². The molecule has 0 unspecified atom stereocenters. The zero-order chi connectivity index (χ0) is 29.0. The molecule has 0 bridgehead atoms. The third-order valence-electron chi connectivity index (χ3n) is 6.53. The van der Waals surface area contributed by atoms with Gasteiger partial charge in [-0.05, 0) is 71.4 Å². The standard InChI is InChI=1S/C30H39N5O5/c1-20(2)31-26(36)19-35-27(21-9-7-10-23(17-21)39-6)32-25-12-11-22(18-24(25)28(35)37)33-13-8-14-34(16-15-33)29(38)40-30(3,4)5/h7,9-12,17-18,20H,8,13-16,19H2,1-6H3,(H,31,36). The van der Waals surface area contributed by atoms with Gasteiger partial charge in [-0.2, -0.15) is 0 Å². The van der Waals surface area contributed by atoms with Gasteiger partial charge in [-0.15, -0.1) is 0 Å². The topological polar surface area (TPSA) is 106 Å². The lowest BCUT2D eigenvalue weighted by molar-refractivity contribution is -0.122. The second kappa shape index (κ2) is 12.0. The number of rotatable bonds is 6. The van der Waals surface area contributed by atoms with E-state index in [1.54, 1.807) is 18.1 Å². The number of ether oxygens (including phenoxy) is 2. The fourth-order valence-corrected chi connectivity index (χ4v) is 4.73. The van der Waals surface area contributed by atoms with Crippen molar-refractivity contribution in [2.75, 3.05) is 38.2 Å². The third-order valence-corrected chi connectivity index (χ3v) is 6.53. The molecule has 214 valence electrons. The van der Waals surface area contributed by atoms with Gasteiger partial charge in [0.05, 0.1) is 18.0 Å². The minimum atomic E-state index is -0.551. The number of nitrogens with zero attached hydrogens (tertiary/aromatic N) is 4. The van der Waals surface area contributed by atoms with Crippen molar-refractivity contribution in [2.24, 2.45) is 0 Å². The van der Waals surface area contributed by atoms with Crippen LogP contribution in [0.25, 0.3) is 22.3 Å². The molecule has 10 heteroatoms. The molecule has 2 heterocycles. The molecule has 1 fully saturated rings. The number of amides is 2. The lowest BCUT2D eigenvalue weighted by atomic mass is 10.1. The molecule has 1 N–H and O–H groups in total. The van der Waals surface area contributed by atoms with E-state index < -0.39 is 5.60 Å². The first-order chi connectivity index (χ1) is 18.9. The first-order valence-electron chi connectivity index (χ1n) is 13.7. The average molecular weight is 550 g/mol. The van der Waals surface area contributed by atoms with Crippen LogP contribution in [-0.2, 0) is 16.1 Å². The first-order valence-corrected chi connectivity index (χ1v) is 13.7. The third kappa shape index (κ3) is 6.91. The summed E-state index contributed by atoms with van der Waals surface area (Å²) in [7, 11) is 1.58. The minimum absolute atomic E-state index is 0.0632. The van der Waals surface area contributed by atoms with Crippen molar-refractivity contribution in [2.45, 2.75) is 59.2 Å². The van der Waals surface area contributed by atoms with Crippen LogP contribution in [0.2, 0.25) is 0 Å². The van der Waals surface area contributed by atoms with Crippen molar-refractivity contribution in [3.63, 3.8) is 0 Å². The Balaban J connectivity index is 1.69. The van der Waals surface area contributed by atoms with E-state index in [9.17, 15) is 14.4 Å². The van der Waals surface area contributed by atoms with E-state index in [0.29, 0.717) is 47.7 Å². The van der Waals surface area contributed by atoms with Gasteiger partial charge in [0.2, 0.25) is 5.91 Å². The number of carbonyl (C=O) groups excluding carboxylic acids is 2. The Morgan fingerprint density at radius 2 is 1.82 bits per heavy atom. The molecule has 0 spiro atoms. The summed E-state index contributed by atoms with van der Waals surface area (Å²) in [6, 6.07) is 12.8. The Hall–Kier alpha value is -4.08. The number of fused-ring (bicyclic) bond motifs is 1. The fraction of sp³-hybridized carbons (Fsp3) is 0.467. The van der Waals surface area contributed by atoms with E-state index >= 15 is 0 Å². The van der Waals surface area contributed by atoms with Crippen LogP contribution in [-0.4, -0.2) is 71.4 Å². The second-order valence-electron chi connectivity index (χ2n) is 11.3. The number of aromatic nitrogens is 2. The molecule has 2 aromatic carbocycles. The summed E-state index contributed by atoms with van der Waals surface area (Å²) in [6.45, 7) is 11.6. The maximum absolute atomic E-state index is 13.9. The highest BCUT2D eigenvalue weighted by atomic mass is 16.6. The van der Waals surface area contributed by atoms with Crippen LogP contribution in [0.4, 0.5) is 10.5 Å². The Morgan fingerprint density at radius 1 is 1.05 bits per heavy atom. The zero-order valence-electron chi connectivity index (χ0n) is 24.2. The van der Waals surface area contributed by atoms with Crippen LogP contribution < -0.4 is 20.5 Å². The molecule has 0 aliphatic carbocycles. The smallest absolute Gasteiger partial charge is 0.410 e. The lowest BCUT2D eigenvalue weighted by Gasteiger charge is -2.27. The van der Waals surface area contributed by atoms with E-state index in [0.717, 1.165) is 18.7 Å². The van der Waals surface area contributed by atoms with E-state index in [1.807, 2.05) is 71.0 Å². The van der Waals surface area contributed by atoms with Gasteiger partial charge in [0.1, 0.15) is 23.7 Å². The average Bonchev–Trinajstić information content (AvgIpc) is 3.15. The summed E-state index contributed by atoms with van der Waals surface area (Å²) in [5, 5.41) is 3.29. The number of anilines is 1. The Kier molecular flexibility index (Phi) is 8.66. The van der Waals surface area contributed by atoms with Gasteiger partial charge in [-0.25, -0.2) is 9.78 Å². The molecule has 2 amide bonds. The van der Waals surface area contributed by atoms with Gasteiger partial charge in [-0.1, -0.05) is 12.1 Å². The maximum atomic E-state index is 13.9. The van der Waals surface area contributed by atoms with Crippen LogP contribution in [0.3, 0.4) is 0 Å². The van der Waals surface area contributed by atoms with Gasteiger partial charge in [0.15, 0.2) is 0 Å². The Bertz CT molecular complexity index is 1440. The van der Waals surface area contributed by atoms with Crippen molar-refractivity contribution in [3.05, 3.63) is 52.8 Å². The number of benzene rings is 2. The predicted molar refractivity (Wildman–Crippen MR) is 156 cm³/mol. The van der Waals surface area contributed by atoms with Crippen LogP contribution in [0.15, 0.2) is 47.3 Å². The molecule has 0 saturated carbocycles. The summed E-state index contributed by atoms with van der Waals surface area (Å²) < 4.78 is 12.3. The highest BCUT2D eigenvalue weighted by Gasteiger charge is 2.25. The fourth-order valence-electron chi connectivity index (χ4n) is 4.73. The summed E-state index contributed by atoms with van der Waals surface area (Å²) in [4.78, 5) is 48.0. The highest BCUT2D eigenvalue weighted by molar-refractivity contribution is 5.85. The largest absolute Gasteiger partial charge is 0.497 e. The highest BCUT2D eigenvalue weighted by Crippen LogP contribution is 2.26. The predicted octanol–water partition coefficient (Wildman–Crippen LogP) is 4.04. The summed E-state index contributed by atoms with van der Waals surface area (Å²) in [5.41, 5.74) is 1.23. The van der Waals surface area contributed by atoms with E-state index in [-0.39, 0.29) is 30.1 Å². The number of methoxy groups -OCH3 is 1. The first kappa shape index (κ1) is 28.9. The van der Waals surface area contributed by atoms with Crippen LogP contribution in [0.1, 0.15) is 41.0 Å². The van der Waals surface area contributed by atoms with Crippen molar-refractivity contribution in [1.29, 1.82) is 0 Å². The normalized spacial score (nSPS) is 14.3. The molecular weight excluding hydrogens is 510 g/mol. The quantitative estimate of drug-likeness (QED) is 0.495. The van der Waals surface area contributed by atoms with Crippen molar-refractivity contribution in [1.82, 2.24) is 19.8 Å². The van der Waals surface area contributed by atoms with Crippen LogP contribution >= 0.6 is 0 Å². The van der Waals surface area contributed by atoms with Gasteiger partial charge in [0.25, 0.3) is 5.56 Å². The van der Waals surface area contributed by atoms with Crippen LogP contribution in [0, 0.1) is 0 Å². The van der Waals surface area contributed by atoms with Crippen molar-refractivity contribution in [3.8, 4) is 17.1 Å². The molecule has 1 saturated heterocycles. The van der Waals surface area contributed by atoms with Gasteiger partial charge in [0, 0.05) is 43.5 Å². The summed E-state index contributed by atoms with van der Waals surface area (Å²) in [6.07, 6.45) is 0.453. The number of hydrogen-bond acceptors (Lipinski definition) is 7. The summed E-state index contributed by atoms with van der Waals surface area (Å²) >= 11 is 0. The Morgan fingerprint density at radius 3 is 2.52 bits per heavy atom. The maximum Gasteiger partial charge on any atom is 0.410 e. The Labute approximate surface area is 234 Å². The minimum Gasteiger partial charge on any atom is -0.497 e. The molecular formula is C30H39N5O5. The van der Waals surface area contributed by atoms with Gasteiger partial charge < -0.3 is 24.6 Å². The molecule has 40 heavy (non-hydrogen) atoms. The number of carbonyl (C=O) groups is 2. The monoisotopic (exact) mass is 549 g/mol. The van der Waals surface area contributed by atoms with E-state index in [1.165, 1.54) is 4.57 Å². The van der Waals surface area contributed by atoms with Crippen molar-refractivity contribution < 1.29 is 19.1 Å². The number of hydrogen-bond donors (Lipinski definition) is 1. The van der Waals surface area contributed by atoms with Crippen molar-refractivity contribution >= 4 is 28.6 Å². The molecule has 4 rings (SSSR count). The molecule has 0 atom stereocenters. The molecule has 1 aliphatic heterocycles. The molecule has 1 aromatic heterocycles. The number of nitrogens with one attached hydrogen (secondary N) is 1. The summed E-state index contributed by atoms with van der Waals surface area (Å²) in [5.74, 6) is 0.751. The van der Waals surface area contributed by atoms with E-state index in [2.05, 4.69) is 10.2 Å². The second-order valence-corrected chi connectivity index (χ2v) is 11.3.